The van der Waals surface area contributed by atoms with Crippen LogP contribution < -0.4 is 20.9 Å². The van der Waals surface area contributed by atoms with Crippen molar-refractivity contribution in [1.82, 2.24) is 15.2 Å². The smallest absolute Gasteiger partial charge is 0.250 e. The summed E-state index contributed by atoms with van der Waals surface area (Å²) in [7, 11) is 1.75. The van der Waals surface area contributed by atoms with Gasteiger partial charge in [0.25, 0.3) is 5.56 Å². The van der Waals surface area contributed by atoms with Gasteiger partial charge < -0.3 is 19.9 Å². The molecular formula is C20H29IN4O2. The minimum atomic E-state index is 0. The van der Waals surface area contributed by atoms with Crippen molar-refractivity contribution < 1.29 is 4.74 Å². The third-order valence-corrected chi connectivity index (χ3v) is 4.00. The van der Waals surface area contributed by atoms with Crippen LogP contribution in [0.4, 0.5) is 0 Å². The number of para-hydroxylation sites is 1. The van der Waals surface area contributed by atoms with E-state index in [4.69, 9.17) is 4.74 Å². The average molecular weight is 484 g/mol. The van der Waals surface area contributed by atoms with Crippen molar-refractivity contribution in [3.05, 3.63) is 64.6 Å². The summed E-state index contributed by atoms with van der Waals surface area (Å²) in [5.74, 6) is 1.62. The molecule has 1 aromatic heterocycles. The van der Waals surface area contributed by atoms with Crippen LogP contribution in [0.25, 0.3) is 0 Å². The van der Waals surface area contributed by atoms with Crippen molar-refractivity contribution in [2.24, 2.45) is 4.99 Å². The number of benzene rings is 1. The van der Waals surface area contributed by atoms with Crippen molar-refractivity contribution in [3.63, 3.8) is 0 Å². The molecular weight excluding hydrogens is 455 g/mol. The van der Waals surface area contributed by atoms with Crippen molar-refractivity contribution in [3.8, 4) is 5.75 Å². The lowest BCUT2D eigenvalue weighted by Gasteiger charge is -2.13. The Labute approximate surface area is 178 Å². The van der Waals surface area contributed by atoms with Gasteiger partial charge in [0.1, 0.15) is 12.4 Å². The number of aromatic nitrogens is 1. The van der Waals surface area contributed by atoms with E-state index in [1.807, 2.05) is 47.9 Å². The number of pyridine rings is 1. The van der Waals surface area contributed by atoms with E-state index in [9.17, 15) is 4.79 Å². The summed E-state index contributed by atoms with van der Waals surface area (Å²) in [6.45, 7) is 4.75. The Morgan fingerprint density at radius 1 is 1.04 bits per heavy atom. The number of hydrogen-bond donors (Lipinski definition) is 2. The fraction of sp³-hybridized carbons (Fsp3) is 0.400. The maximum Gasteiger partial charge on any atom is 0.250 e. The molecule has 27 heavy (non-hydrogen) atoms. The first-order chi connectivity index (χ1) is 12.7. The highest BCUT2D eigenvalue weighted by Crippen LogP contribution is 2.07. The second-order valence-electron chi connectivity index (χ2n) is 5.95. The van der Waals surface area contributed by atoms with Crippen LogP contribution in [0, 0.1) is 6.92 Å². The quantitative estimate of drug-likeness (QED) is 0.249. The highest BCUT2D eigenvalue weighted by atomic mass is 127. The first-order valence-corrected chi connectivity index (χ1v) is 8.99. The van der Waals surface area contributed by atoms with Gasteiger partial charge in [0, 0.05) is 31.9 Å². The maximum absolute atomic E-state index is 11.8. The molecule has 2 aromatic rings. The molecule has 0 saturated carbocycles. The van der Waals surface area contributed by atoms with Gasteiger partial charge >= 0.3 is 0 Å². The molecule has 148 valence electrons. The number of halogens is 1. The monoisotopic (exact) mass is 484 g/mol. The third-order valence-electron chi connectivity index (χ3n) is 4.00. The molecule has 1 aromatic carbocycles. The van der Waals surface area contributed by atoms with Crippen molar-refractivity contribution in [2.45, 2.75) is 26.3 Å². The zero-order chi connectivity index (χ0) is 18.6. The summed E-state index contributed by atoms with van der Waals surface area (Å²) < 4.78 is 7.45. The zero-order valence-corrected chi connectivity index (χ0v) is 18.3. The highest BCUT2D eigenvalue weighted by molar-refractivity contribution is 14.0. The molecule has 0 spiro atoms. The van der Waals surface area contributed by atoms with Gasteiger partial charge in [-0.25, -0.2) is 0 Å². The van der Waals surface area contributed by atoms with Crippen molar-refractivity contribution in [2.75, 3.05) is 26.7 Å². The zero-order valence-electron chi connectivity index (χ0n) is 16.0. The molecule has 0 aliphatic heterocycles. The fourth-order valence-electron chi connectivity index (χ4n) is 2.59. The minimum Gasteiger partial charge on any atom is -0.492 e. The highest BCUT2D eigenvalue weighted by Gasteiger charge is 2.00. The molecule has 0 unspecified atom stereocenters. The van der Waals surface area contributed by atoms with Crippen LogP contribution in [-0.2, 0) is 6.54 Å². The molecule has 1 heterocycles. The number of nitrogens with one attached hydrogen (secondary N) is 2. The molecule has 2 rings (SSSR count). The van der Waals surface area contributed by atoms with Crippen LogP contribution in [0.2, 0.25) is 0 Å². The summed E-state index contributed by atoms with van der Waals surface area (Å²) >= 11 is 0. The van der Waals surface area contributed by atoms with E-state index in [0.29, 0.717) is 13.2 Å². The first kappa shape index (κ1) is 23.0. The van der Waals surface area contributed by atoms with E-state index >= 15 is 0 Å². The van der Waals surface area contributed by atoms with Crippen molar-refractivity contribution >= 4 is 29.9 Å². The fourth-order valence-corrected chi connectivity index (χ4v) is 2.59. The predicted octanol–water partition coefficient (Wildman–Crippen LogP) is 2.80. The first-order valence-electron chi connectivity index (χ1n) is 8.99. The molecule has 0 amide bonds. The molecule has 0 bridgehead atoms. The van der Waals surface area contributed by atoms with Gasteiger partial charge in [-0.1, -0.05) is 24.3 Å². The van der Waals surface area contributed by atoms with Gasteiger partial charge in [0.15, 0.2) is 5.96 Å². The van der Waals surface area contributed by atoms with Crippen LogP contribution in [-0.4, -0.2) is 37.3 Å². The number of rotatable bonds is 9. The SMILES string of the molecule is CN=C(NCCCCn1c(C)cccc1=O)NCCOc1ccccc1.I. The summed E-state index contributed by atoms with van der Waals surface area (Å²) in [6.07, 6.45) is 1.90. The van der Waals surface area contributed by atoms with Crippen LogP contribution >= 0.6 is 24.0 Å². The third kappa shape index (κ3) is 8.47. The summed E-state index contributed by atoms with van der Waals surface area (Å²) in [4.78, 5) is 16.0. The van der Waals surface area contributed by atoms with E-state index in [1.165, 1.54) is 0 Å². The lowest BCUT2D eigenvalue weighted by Crippen LogP contribution is -2.39. The van der Waals surface area contributed by atoms with Gasteiger partial charge in [-0.2, -0.15) is 0 Å². The van der Waals surface area contributed by atoms with E-state index in [0.717, 1.165) is 43.3 Å². The number of ether oxygens (including phenoxy) is 1. The van der Waals surface area contributed by atoms with E-state index in [-0.39, 0.29) is 29.5 Å². The Bertz CT molecular complexity index is 747. The molecule has 0 radical (unpaired) electrons. The van der Waals surface area contributed by atoms with Gasteiger partial charge in [-0.05, 0) is 38.0 Å². The Balaban J connectivity index is 0.00000364. The number of unbranched alkanes of at least 4 members (excludes halogenated alkanes) is 1. The standard InChI is InChI=1S/C20H28N4O2.HI/c1-17-9-8-12-19(25)24(17)15-7-6-13-22-20(21-2)23-14-16-26-18-10-4-3-5-11-18;/h3-5,8-12H,6-7,13-16H2,1-2H3,(H2,21,22,23);1H. The lowest BCUT2D eigenvalue weighted by molar-refractivity contribution is 0.322. The van der Waals surface area contributed by atoms with Gasteiger partial charge in [0.05, 0.1) is 6.54 Å². The normalized spacial score (nSPS) is 10.8. The molecule has 0 saturated heterocycles. The number of hydrogen-bond acceptors (Lipinski definition) is 3. The Morgan fingerprint density at radius 3 is 2.48 bits per heavy atom. The number of aliphatic imine (C=N–C) groups is 1. The summed E-state index contributed by atoms with van der Waals surface area (Å²) in [5.41, 5.74) is 1.07. The number of aryl methyl sites for hydroxylation is 1. The van der Waals surface area contributed by atoms with Gasteiger partial charge in [0.2, 0.25) is 0 Å². The molecule has 0 aliphatic carbocycles. The largest absolute Gasteiger partial charge is 0.492 e. The topological polar surface area (TPSA) is 67.7 Å². The van der Waals surface area contributed by atoms with E-state index in [2.05, 4.69) is 15.6 Å². The predicted molar refractivity (Wildman–Crippen MR) is 121 cm³/mol. The molecule has 2 N–H and O–H groups in total. The maximum atomic E-state index is 11.8. The van der Waals surface area contributed by atoms with Gasteiger partial charge in [-0.3, -0.25) is 9.79 Å². The van der Waals surface area contributed by atoms with Crippen LogP contribution in [0.5, 0.6) is 5.75 Å². The summed E-state index contributed by atoms with van der Waals surface area (Å²) in [6, 6.07) is 15.1. The van der Waals surface area contributed by atoms with Crippen LogP contribution in [0.15, 0.2) is 58.3 Å². The van der Waals surface area contributed by atoms with E-state index in [1.54, 1.807) is 19.2 Å². The number of guanidine groups is 1. The number of nitrogens with zero attached hydrogens (tertiary/aromatic N) is 2. The van der Waals surface area contributed by atoms with Crippen LogP contribution in [0.1, 0.15) is 18.5 Å². The molecule has 7 heteroatoms. The van der Waals surface area contributed by atoms with Crippen LogP contribution in [0.3, 0.4) is 0 Å². The summed E-state index contributed by atoms with van der Waals surface area (Å²) in [5, 5.41) is 6.50. The van der Waals surface area contributed by atoms with Crippen molar-refractivity contribution in [1.29, 1.82) is 0 Å². The minimum absolute atomic E-state index is 0. The molecule has 0 aliphatic rings. The lowest BCUT2D eigenvalue weighted by atomic mass is 10.3. The second-order valence-corrected chi connectivity index (χ2v) is 5.95. The Morgan fingerprint density at radius 2 is 1.78 bits per heavy atom. The molecule has 0 atom stereocenters. The molecule has 0 fully saturated rings. The van der Waals surface area contributed by atoms with E-state index < -0.39 is 0 Å². The second kappa shape index (κ2) is 13.2. The average Bonchev–Trinajstić information content (AvgIpc) is 2.66. The Kier molecular flexibility index (Phi) is 11.2. The van der Waals surface area contributed by atoms with Gasteiger partial charge in [-0.15, -0.1) is 24.0 Å². The Hall–Kier alpha value is -2.03. The molecule has 6 nitrogen and oxygen atoms in total.